The van der Waals surface area contributed by atoms with E-state index in [2.05, 4.69) is 0 Å². The molecular formula is C15H19FN2O3S. The number of likely N-dealkylation sites (N-methyl/N-ethyl adjacent to an activating group) is 1. The van der Waals surface area contributed by atoms with Gasteiger partial charge in [0.15, 0.2) is 0 Å². The smallest absolute Gasteiger partial charge is 0.248 e. The summed E-state index contributed by atoms with van der Waals surface area (Å²) in [6, 6.07) is 6.28. The van der Waals surface area contributed by atoms with Crippen molar-refractivity contribution in [2.24, 2.45) is 0 Å². The van der Waals surface area contributed by atoms with Crippen LogP contribution < -0.4 is 0 Å². The Morgan fingerprint density at radius 2 is 2.32 bits per heavy atom. The second-order valence-electron chi connectivity index (χ2n) is 5.05. The highest BCUT2D eigenvalue weighted by atomic mass is 32.2. The van der Waals surface area contributed by atoms with Crippen LogP contribution in [0.5, 0.6) is 0 Å². The Kier molecular flexibility index (Phi) is 5.79. The van der Waals surface area contributed by atoms with Crippen molar-refractivity contribution in [3.63, 3.8) is 0 Å². The van der Waals surface area contributed by atoms with E-state index in [-0.39, 0.29) is 29.6 Å². The number of carbonyl (C=O) groups is 2. The maximum atomic E-state index is 13.4. The fourth-order valence-electron chi connectivity index (χ4n) is 2.25. The first kappa shape index (κ1) is 16.8. The first-order valence-corrected chi connectivity index (χ1v) is 7.97. The summed E-state index contributed by atoms with van der Waals surface area (Å²) < 4.78 is 18.2. The molecule has 1 saturated heterocycles. The third-order valence-electron chi connectivity index (χ3n) is 3.47. The van der Waals surface area contributed by atoms with E-state index in [9.17, 15) is 14.0 Å². The molecule has 0 unspecified atom stereocenters. The van der Waals surface area contributed by atoms with E-state index in [1.807, 2.05) is 6.07 Å². The van der Waals surface area contributed by atoms with Gasteiger partial charge < -0.3 is 14.5 Å². The van der Waals surface area contributed by atoms with Crippen LogP contribution in [0.15, 0.2) is 24.3 Å². The molecule has 2 rings (SSSR count). The molecule has 0 bridgehead atoms. The number of carbonyl (C=O) groups excluding carboxylic acids is 2. The number of nitrogens with zero attached hydrogens (tertiary/aromatic N) is 2. The molecule has 1 aromatic carbocycles. The molecule has 1 aliphatic heterocycles. The van der Waals surface area contributed by atoms with E-state index in [0.29, 0.717) is 18.8 Å². The van der Waals surface area contributed by atoms with Crippen molar-refractivity contribution in [1.82, 2.24) is 9.80 Å². The third-order valence-corrected chi connectivity index (χ3v) is 4.73. The van der Waals surface area contributed by atoms with Crippen LogP contribution in [0.4, 0.5) is 4.39 Å². The minimum atomic E-state index is -0.315. The summed E-state index contributed by atoms with van der Waals surface area (Å²) in [5, 5.41) is -0.200. The number of rotatable bonds is 6. The Morgan fingerprint density at radius 3 is 3.00 bits per heavy atom. The summed E-state index contributed by atoms with van der Waals surface area (Å²) in [5.41, 5.74) is 0.765. The Morgan fingerprint density at radius 1 is 1.55 bits per heavy atom. The van der Waals surface area contributed by atoms with Crippen molar-refractivity contribution < 1.29 is 18.7 Å². The molecule has 1 fully saturated rings. The van der Waals surface area contributed by atoms with E-state index >= 15 is 0 Å². The predicted molar refractivity (Wildman–Crippen MR) is 82.8 cm³/mol. The largest absolute Gasteiger partial charge is 0.375 e. The van der Waals surface area contributed by atoms with Crippen molar-refractivity contribution in [1.29, 1.82) is 0 Å². The van der Waals surface area contributed by atoms with E-state index < -0.39 is 0 Å². The van der Waals surface area contributed by atoms with Gasteiger partial charge >= 0.3 is 0 Å². The topological polar surface area (TPSA) is 49.9 Å². The molecule has 120 valence electrons. The normalized spacial score (nSPS) is 17.9. The summed E-state index contributed by atoms with van der Waals surface area (Å²) in [4.78, 5) is 26.9. The molecule has 0 N–H and O–H groups in total. The minimum absolute atomic E-state index is 0.00634. The number of amides is 2. The van der Waals surface area contributed by atoms with E-state index in [0.717, 1.165) is 5.56 Å². The average molecular weight is 326 g/mol. The number of hydrogen-bond acceptors (Lipinski definition) is 4. The first-order valence-electron chi connectivity index (χ1n) is 6.92. The van der Waals surface area contributed by atoms with E-state index in [1.54, 1.807) is 18.0 Å². The number of benzene rings is 1. The third kappa shape index (κ3) is 3.98. The lowest BCUT2D eigenvalue weighted by atomic mass is 10.2. The van der Waals surface area contributed by atoms with Crippen molar-refractivity contribution in [2.45, 2.75) is 5.37 Å². The Bertz CT molecular complexity index is 555. The summed E-state index contributed by atoms with van der Waals surface area (Å²) in [7, 11) is 3.14. The molecule has 2 amide bonds. The molecule has 22 heavy (non-hydrogen) atoms. The van der Waals surface area contributed by atoms with Crippen LogP contribution in [-0.4, -0.2) is 61.2 Å². The van der Waals surface area contributed by atoms with E-state index in [1.165, 1.54) is 35.9 Å². The number of ether oxygens (including phenoxy) is 1. The van der Waals surface area contributed by atoms with Crippen LogP contribution in [0.2, 0.25) is 0 Å². The zero-order valence-electron chi connectivity index (χ0n) is 12.6. The summed E-state index contributed by atoms with van der Waals surface area (Å²) in [6.07, 6.45) is 0. The Labute approximate surface area is 133 Å². The molecule has 7 heteroatoms. The van der Waals surface area contributed by atoms with Gasteiger partial charge in [-0.1, -0.05) is 12.1 Å². The summed E-state index contributed by atoms with van der Waals surface area (Å²) >= 11 is 1.47. The van der Waals surface area contributed by atoms with Crippen LogP contribution in [-0.2, 0) is 14.3 Å². The van der Waals surface area contributed by atoms with Gasteiger partial charge in [0.2, 0.25) is 11.8 Å². The molecule has 0 saturated carbocycles. The highest BCUT2D eigenvalue weighted by Crippen LogP contribution is 2.38. The maximum absolute atomic E-state index is 13.4. The Hall–Kier alpha value is -1.60. The molecule has 0 aliphatic carbocycles. The monoisotopic (exact) mass is 326 g/mol. The molecule has 0 spiro atoms. The lowest BCUT2D eigenvalue weighted by Gasteiger charge is -2.27. The molecule has 1 aromatic rings. The molecule has 0 radical (unpaired) electrons. The van der Waals surface area contributed by atoms with Gasteiger partial charge in [0.25, 0.3) is 0 Å². The van der Waals surface area contributed by atoms with Gasteiger partial charge in [-0.25, -0.2) is 4.39 Å². The first-order chi connectivity index (χ1) is 10.5. The average Bonchev–Trinajstić information content (AvgIpc) is 2.86. The predicted octanol–water partition coefficient (Wildman–Crippen LogP) is 1.50. The van der Waals surface area contributed by atoms with Crippen molar-refractivity contribution in [3.05, 3.63) is 35.6 Å². The van der Waals surface area contributed by atoms with Crippen molar-refractivity contribution in [2.75, 3.05) is 39.6 Å². The zero-order chi connectivity index (χ0) is 16.1. The fraction of sp³-hybridized carbons (Fsp3) is 0.467. The quantitative estimate of drug-likeness (QED) is 0.795. The van der Waals surface area contributed by atoms with Gasteiger partial charge in [0, 0.05) is 27.2 Å². The number of thioether (sulfide) groups is 1. The number of hydrogen-bond donors (Lipinski definition) is 0. The second kappa shape index (κ2) is 7.60. The minimum Gasteiger partial charge on any atom is -0.375 e. The van der Waals surface area contributed by atoms with Crippen LogP contribution in [0.1, 0.15) is 10.9 Å². The lowest BCUT2D eigenvalue weighted by Crippen LogP contribution is -2.39. The lowest BCUT2D eigenvalue weighted by molar-refractivity contribution is -0.135. The molecule has 1 atom stereocenters. The van der Waals surface area contributed by atoms with Gasteiger partial charge in [-0.3, -0.25) is 9.59 Å². The molecule has 1 aliphatic rings. The van der Waals surface area contributed by atoms with E-state index in [4.69, 9.17) is 4.74 Å². The van der Waals surface area contributed by atoms with Gasteiger partial charge in [-0.2, -0.15) is 0 Å². The maximum Gasteiger partial charge on any atom is 0.248 e. The van der Waals surface area contributed by atoms with Gasteiger partial charge in [0.05, 0.1) is 5.75 Å². The van der Waals surface area contributed by atoms with Crippen LogP contribution in [0.25, 0.3) is 0 Å². The molecule has 5 nitrogen and oxygen atoms in total. The van der Waals surface area contributed by atoms with Crippen molar-refractivity contribution in [3.8, 4) is 0 Å². The SMILES string of the molecule is COCC(=O)N(C)CCN1C(=O)CS[C@@H]1c1cccc(F)c1. The van der Waals surface area contributed by atoms with Crippen molar-refractivity contribution >= 4 is 23.6 Å². The van der Waals surface area contributed by atoms with Crippen LogP contribution in [0, 0.1) is 5.82 Å². The van der Waals surface area contributed by atoms with Gasteiger partial charge in [-0.15, -0.1) is 11.8 Å². The highest BCUT2D eigenvalue weighted by Gasteiger charge is 2.32. The summed E-state index contributed by atoms with van der Waals surface area (Å²) in [6.45, 7) is 0.853. The Balaban J connectivity index is 2.01. The fourth-order valence-corrected chi connectivity index (χ4v) is 3.46. The standard InChI is InChI=1S/C15H19FN2O3S/c1-17(13(19)9-21-2)6-7-18-14(20)10-22-15(18)11-4-3-5-12(16)8-11/h3-5,8,15H,6-7,9-10H2,1-2H3/t15-/m1/s1. The van der Waals surface area contributed by atoms with Crippen LogP contribution >= 0.6 is 11.8 Å². The zero-order valence-corrected chi connectivity index (χ0v) is 13.4. The molecule has 0 aromatic heterocycles. The van der Waals surface area contributed by atoms with Gasteiger partial charge in [0.1, 0.15) is 17.8 Å². The molecule has 1 heterocycles. The number of halogens is 1. The summed E-state index contributed by atoms with van der Waals surface area (Å²) in [5.74, 6) is -0.0718. The van der Waals surface area contributed by atoms with Crippen LogP contribution in [0.3, 0.4) is 0 Å². The number of methoxy groups -OCH3 is 1. The van der Waals surface area contributed by atoms with Gasteiger partial charge in [-0.05, 0) is 17.7 Å². The second-order valence-corrected chi connectivity index (χ2v) is 6.12. The highest BCUT2D eigenvalue weighted by molar-refractivity contribution is 8.00. The molecular weight excluding hydrogens is 307 g/mol.